The first-order valence-corrected chi connectivity index (χ1v) is 11.0. The lowest BCUT2D eigenvalue weighted by Crippen LogP contribution is -2.13. The predicted molar refractivity (Wildman–Crippen MR) is 109 cm³/mol. The highest BCUT2D eigenvalue weighted by Crippen LogP contribution is 2.31. The Balaban J connectivity index is 1.61. The summed E-state index contributed by atoms with van der Waals surface area (Å²) in [5.74, 6) is 1.43. The molecule has 1 fully saturated rings. The fourth-order valence-corrected chi connectivity index (χ4v) is 3.96. The second-order valence-electron chi connectivity index (χ2n) is 7.96. The zero-order valence-electron chi connectivity index (χ0n) is 17.4. The molecule has 1 saturated carbocycles. The molecule has 1 aliphatic rings. The van der Waals surface area contributed by atoms with Gasteiger partial charge in [-0.15, -0.1) is 0 Å². The molecule has 3 rings (SSSR count). The minimum atomic E-state index is -0.188. The van der Waals surface area contributed by atoms with Crippen molar-refractivity contribution in [3.05, 3.63) is 24.4 Å². The number of aromatic nitrogens is 4. The average molecular weight is 401 g/mol. The van der Waals surface area contributed by atoms with E-state index in [0.717, 1.165) is 31.6 Å². The van der Waals surface area contributed by atoms with Crippen LogP contribution in [0, 0.1) is 5.92 Å². The smallest absolute Gasteiger partial charge is 0.306 e. The van der Waals surface area contributed by atoms with Crippen molar-refractivity contribution in [1.29, 1.82) is 0 Å². The highest BCUT2D eigenvalue weighted by molar-refractivity contribution is 5.70. The quantitative estimate of drug-likeness (QED) is 0.383. The van der Waals surface area contributed by atoms with Gasteiger partial charge in [0, 0.05) is 18.3 Å². The molecule has 1 atom stereocenters. The van der Waals surface area contributed by atoms with E-state index in [1.54, 1.807) is 18.6 Å². The molecule has 0 aromatic carbocycles. The molecular weight excluding hydrogens is 368 g/mol. The van der Waals surface area contributed by atoms with Crippen LogP contribution in [0.15, 0.2) is 23.1 Å². The van der Waals surface area contributed by atoms with Crippen molar-refractivity contribution in [2.24, 2.45) is 5.92 Å². The molecular formula is C22H32N4O3. The predicted octanol–water partition coefficient (Wildman–Crippen LogP) is 5.09. The number of carbonyl (C=O) groups excluding carboxylic acids is 1. The molecule has 1 unspecified atom stereocenters. The Hall–Kier alpha value is -2.31. The Morgan fingerprint density at radius 2 is 2.10 bits per heavy atom. The van der Waals surface area contributed by atoms with E-state index in [2.05, 4.69) is 27.0 Å². The molecule has 7 heteroatoms. The van der Waals surface area contributed by atoms with Crippen LogP contribution in [0.4, 0.5) is 0 Å². The summed E-state index contributed by atoms with van der Waals surface area (Å²) in [5, 5.41) is 4.15. The Kier molecular flexibility index (Phi) is 8.58. The van der Waals surface area contributed by atoms with Gasteiger partial charge in [0.05, 0.1) is 19.2 Å². The maximum Gasteiger partial charge on any atom is 0.306 e. The molecule has 0 spiro atoms. The molecule has 0 saturated heterocycles. The number of nitrogens with zero attached hydrogens (tertiary/aromatic N) is 4. The largest absolute Gasteiger partial charge is 0.466 e. The average Bonchev–Trinajstić information content (AvgIpc) is 3.25. The van der Waals surface area contributed by atoms with Crippen molar-refractivity contribution in [2.45, 2.75) is 83.5 Å². The second kappa shape index (κ2) is 11.6. The lowest BCUT2D eigenvalue weighted by Gasteiger charge is -2.22. The lowest BCUT2D eigenvalue weighted by atomic mass is 9.84. The molecule has 0 aliphatic heterocycles. The first-order valence-electron chi connectivity index (χ1n) is 11.0. The standard InChI is InChI=1S/C22H32N4O3/c1-2-3-14-28-20(27)15-18(11-7-10-17-8-5-4-6-9-17)21-25-22(29-26-21)19-16-23-12-13-24-19/h12-13,16-18H,2-11,14-15H2,1H3. The monoisotopic (exact) mass is 400 g/mol. The van der Waals surface area contributed by atoms with E-state index in [0.29, 0.717) is 24.0 Å². The number of hydrogen-bond donors (Lipinski definition) is 0. The third kappa shape index (κ3) is 6.91. The molecule has 0 bridgehead atoms. The number of esters is 1. The van der Waals surface area contributed by atoms with E-state index in [9.17, 15) is 4.79 Å². The third-order valence-electron chi connectivity index (χ3n) is 5.65. The Bertz CT molecular complexity index is 729. The van der Waals surface area contributed by atoms with Gasteiger partial charge in [0.25, 0.3) is 5.89 Å². The van der Waals surface area contributed by atoms with Gasteiger partial charge in [-0.3, -0.25) is 9.78 Å². The number of hydrogen-bond acceptors (Lipinski definition) is 7. The minimum Gasteiger partial charge on any atom is -0.466 e. The van der Waals surface area contributed by atoms with Crippen molar-refractivity contribution in [3.8, 4) is 11.6 Å². The van der Waals surface area contributed by atoms with Crippen LogP contribution in [0.2, 0.25) is 0 Å². The highest BCUT2D eigenvalue weighted by atomic mass is 16.5. The van der Waals surface area contributed by atoms with Crippen molar-refractivity contribution < 1.29 is 14.1 Å². The van der Waals surface area contributed by atoms with E-state index in [1.807, 2.05) is 0 Å². The van der Waals surface area contributed by atoms with Gasteiger partial charge in [0.1, 0.15) is 5.69 Å². The molecule has 2 heterocycles. The molecule has 0 N–H and O–H groups in total. The fraction of sp³-hybridized carbons (Fsp3) is 0.682. The lowest BCUT2D eigenvalue weighted by molar-refractivity contribution is -0.144. The summed E-state index contributed by atoms with van der Waals surface area (Å²) in [4.78, 5) is 25.1. The van der Waals surface area contributed by atoms with Crippen molar-refractivity contribution in [3.63, 3.8) is 0 Å². The van der Waals surface area contributed by atoms with Gasteiger partial charge in [-0.05, 0) is 18.8 Å². The third-order valence-corrected chi connectivity index (χ3v) is 5.65. The first kappa shape index (κ1) is 21.4. The number of ether oxygens (including phenoxy) is 1. The first-order chi connectivity index (χ1) is 14.3. The SMILES string of the molecule is CCCCOC(=O)CC(CCCC1CCCCC1)c1noc(-c2cnccn2)n1. The number of carbonyl (C=O) groups is 1. The molecule has 29 heavy (non-hydrogen) atoms. The van der Waals surface area contributed by atoms with Crippen molar-refractivity contribution in [1.82, 2.24) is 20.1 Å². The van der Waals surface area contributed by atoms with Crippen molar-refractivity contribution >= 4 is 5.97 Å². The van der Waals surface area contributed by atoms with Gasteiger partial charge in [0.15, 0.2) is 5.82 Å². The zero-order chi connectivity index (χ0) is 20.3. The Morgan fingerprint density at radius 1 is 1.24 bits per heavy atom. The van der Waals surface area contributed by atoms with Crippen LogP contribution in [0.25, 0.3) is 11.6 Å². The number of unbranched alkanes of at least 4 members (excludes halogenated alkanes) is 1. The molecule has 0 radical (unpaired) electrons. The van der Waals surface area contributed by atoms with Crippen LogP contribution in [0.1, 0.15) is 89.3 Å². The molecule has 7 nitrogen and oxygen atoms in total. The summed E-state index contributed by atoms with van der Waals surface area (Å²) >= 11 is 0. The van der Waals surface area contributed by atoms with Gasteiger partial charge >= 0.3 is 5.97 Å². The normalized spacial score (nSPS) is 15.9. The number of rotatable bonds is 11. The van der Waals surface area contributed by atoms with Crippen LogP contribution in [0.3, 0.4) is 0 Å². The Labute approximate surface area is 172 Å². The van der Waals surface area contributed by atoms with Gasteiger partial charge in [0.2, 0.25) is 0 Å². The summed E-state index contributed by atoms with van der Waals surface area (Å²) in [5.41, 5.74) is 0.540. The van der Waals surface area contributed by atoms with E-state index >= 15 is 0 Å². The molecule has 2 aromatic rings. The Morgan fingerprint density at radius 3 is 2.86 bits per heavy atom. The van der Waals surface area contributed by atoms with Crippen LogP contribution in [-0.2, 0) is 9.53 Å². The van der Waals surface area contributed by atoms with Gasteiger partial charge < -0.3 is 9.26 Å². The second-order valence-corrected chi connectivity index (χ2v) is 7.96. The molecule has 2 aromatic heterocycles. The maximum atomic E-state index is 12.3. The summed E-state index contributed by atoms with van der Waals surface area (Å²) in [6.45, 7) is 2.55. The van der Waals surface area contributed by atoms with Crippen LogP contribution >= 0.6 is 0 Å². The molecule has 1 aliphatic carbocycles. The van der Waals surface area contributed by atoms with Gasteiger partial charge in [-0.1, -0.05) is 63.4 Å². The van der Waals surface area contributed by atoms with E-state index < -0.39 is 0 Å². The van der Waals surface area contributed by atoms with E-state index in [1.165, 1.54) is 38.5 Å². The van der Waals surface area contributed by atoms with Crippen LogP contribution < -0.4 is 0 Å². The summed E-state index contributed by atoms with van der Waals surface area (Å²) < 4.78 is 10.8. The van der Waals surface area contributed by atoms with Crippen LogP contribution in [-0.4, -0.2) is 32.7 Å². The van der Waals surface area contributed by atoms with E-state index in [4.69, 9.17) is 9.26 Å². The topological polar surface area (TPSA) is 91.0 Å². The van der Waals surface area contributed by atoms with E-state index in [-0.39, 0.29) is 18.3 Å². The zero-order valence-corrected chi connectivity index (χ0v) is 17.4. The minimum absolute atomic E-state index is 0.0955. The van der Waals surface area contributed by atoms with Gasteiger partial charge in [-0.2, -0.15) is 4.98 Å². The van der Waals surface area contributed by atoms with Crippen molar-refractivity contribution in [2.75, 3.05) is 6.61 Å². The summed E-state index contributed by atoms with van der Waals surface area (Å²) in [6.07, 6.45) is 16.8. The molecule has 158 valence electrons. The summed E-state index contributed by atoms with van der Waals surface area (Å²) in [6, 6.07) is 0. The molecule has 0 amide bonds. The summed E-state index contributed by atoms with van der Waals surface area (Å²) in [7, 11) is 0. The maximum absolute atomic E-state index is 12.3. The fourth-order valence-electron chi connectivity index (χ4n) is 3.96. The highest BCUT2D eigenvalue weighted by Gasteiger charge is 2.24. The van der Waals surface area contributed by atoms with Crippen LogP contribution in [0.5, 0.6) is 0 Å². The van der Waals surface area contributed by atoms with Gasteiger partial charge in [-0.25, -0.2) is 4.98 Å².